The van der Waals surface area contributed by atoms with E-state index in [-0.39, 0.29) is 0 Å². The van der Waals surface area contributed by atoms with Gasteiger partial charge in [0.05, 0.1) is 0 Å². The van der Waals surface area contributed by atoms with E-state index < -0.39 is 96.6 Å². The van der Waals surface area contributed by atoms with E-state index in [1.165, 1.54) is 0 Å². The molecule has 0 saturated carbocycles. The molecule has 0 bridgehead atoms. The summed E-state index contributed by atoms with van der Waals surface area (Å²) in [5.41, 5.74) is 0. The van der Waals surface area contributed by atoms with Crippen LogP contribution >= 0.6 is 0 Å². The average Bonchev–Trinajstić information content (AvgIpc) is 2.87. The van der Waals surface area contributed by atoms with Gasteiger partial charge in [0.15, 0.2) is 48.8 Å². The van der Waals surface area contributed by atoms with Gasteiger partial charge in [0.25, 0.3) is 0 Å². The van der Waals surface area contributed by atoms with Crippen LogP contribution in [0.2, 0.25) is 0 Å². The third-order valence-corrected chi connectivity index (χ3v) is 5.00. The summed E-state index contributed by atoms with van der Waals surface area (Å²) in [6, 6.07) is 0. The van der Waals surface area contributed by atoms with Crippen LogP contribution in [0.3, 0.4) is 0 Å². The van der Waals surface area contributed by atoms with Crippen molar-refractivity contribution in [2.75, 3.05) is 0 Å². The van der Waals surface area contributed by atoms with E-state index in [1.54, 1.807) is 0 Å². The number of hydrogen-bond donors (Lipinski definition) is 0. The van der Waals surface area contributed by atoms with Gasteiger partial charge in [-0.05, 0) is 55.4 Å². The number of carbonyl (C=O) groups is 8. The summed E-state index contributed by atoms with van der Waals surface area (Å²) in [6.45, 7) is 8.93. The zero-order valence-electron chi connectivity index (χ0n) is 23.2. The first kappa shape index (κ1) is 33.8. The Morgan fingerprint density at radius 3 is 0.400 bits per heavy atom. The predicted octanol–water partition coefficient (Wildman–Crippen LogP) is -0.546. The zero-order valence-corrected chi connectivity index (χ0v) is 23.2. The first-order valence-electron chi connectivity index (χ1n) is 12.1. The molecule has 0 unspecified atom stereocenters. The monoisotopic (exact) mass is 576 g/mol. The Labute approximate surface area is 228 Å². The molecule has 0 amide bonds. The van der Waals surface area contributed by atoms with Gasteiger partial charge in [0.1, 0.15) is 0 Å². The second-order valence-electron chi connectivity index (χ2n) is 8.63. The topological polar surface area (TPSA) is 210 Å². The molecule has 1 saturated heterocycles. The molecular weight excluding hydrogens is 544 g/mol. The van der Waals surface area contributed by atoms with Gasteiger partial charge < -0.3 is 37.9 Å². The molecule has 1 rings (SSSR count). The summed E-state index contributed by atoms with van der Waals surface area (Å²) < 4.78 is 39.0. The van der Waals surface area contributed by atoms with Crippen LogP contribution in [0.15, 0.2) is 0 Å². The maximum absolute atomic E-state index is 12.2. The van der Waals surface area contributed by atoms with Crippen LogP contribution in [0.4, 0.5) is 0 Å². The van der Waals surface area contributed by atoms with Gasteiger partial charge >= 0.3 is 47.8 Å². The smallest absolute Gasteiger partial charge is 0.347 e. The first-order valence-corrected chi connectivity index (χ1v) is 12.1. The Balaban J connectivity index is 3.11. The molecule has 0 aromatic rings. The third-order valence-electron chi connectivity index (χ3n) is 5.00. The Morgan fingerprint density at radius 2 is 0.325 bits per heavy atom. The zero-order chi connectivity index (χ0) is 30.9. The molecule has 16 nitrogen and oxygen atoms in total. The lowest BCUT2D eigenvalue weighted by Gasteiger charge is -2.22. The van der Waals surface area contributed by atoms with Crippen molar-refractivity contribution in [3.63, 3.8) is 0 Å². The van der Waals surface area contributed by atoms with Crippen molar-refractivity contribution in [2.45, 2.75) is 104 Å². The van der Waals surface area contributed by atoms with Crippen LogP contribution in [0.25, 0.3) is 0 Å². The second-order valence-corrected chi connectivity index (χ2v) is 8.63. The van der Waals surface area contributed by atoms with Crippen LogP contribution in [0, 0.1) is 0 Å². The Bertz CT molecular complexity index is 778. The lowest BCUT2D eigenvalue weighted by molar-refractivity contribution is -0.191. The molecule has 0 radical (unpaired) electrons. The fourth-order valence-corrected chi connectivity index (χ4v) is 2.55. The minimum Gasteiger partial charge on any atom is -0.448 e. The summed E-state index contributed by atoms with van der Waals surface area (Å²) in [6.07, 6.45) is -12.5. The predicted molar refractivity (Wildman–Crippen MR) is 124 cm³/mol. The number of hydrogen-bond acceptors (Lipinski definition) is 16. The number of cyclic esters (lactones) is 8. The van der Waals surface area contributed by atoms with Crippen molar-refractivity contribution in [3.05, 3.63) is 0 Å². The summed E-state index contributed by atoms with van der Waals surface area (Å²) in [5, 5.41) is 0. The van der Waals surface area contributed by atoms with Crippen LogP contribution in [0.5, 0.6) is 0 Å². The molecule has 0 spiro atoms. The fourth-order valence-electron chi connectivity index (χ4n) is 2.55. The minimum absolute atomic E-state index is 1.12. The molecule has 16 heteroatoms. The molecule has 1 aliphatic rings. The van der Waals surface area contributed by atoms with Gasteiger partial charge in [-0.25, -0.2) is 38.4 Å². The highest BCUT2D eigenvalue weighted by atomic mass is 16.7. The van der Waals surface area contributed by atoms with Crippen molar-refractivity contribution in [1.82, 2.24) is 0 Å². The Kier molecular flexibility index (Phi) is 12.5. The summed E-state index contributed by atoms with van der Waals surface area (Å²) in [5.74, 6) is -9.35. The van der Waals surface area contributed by atoms with Gasteiger partial charge in [-0.2, -0.15) is 0 Å². The van der Waals surface area contributed by atoms with Gasteiger partial charge in [-0.1, -0.05) is 0 Å². The fraction of sp³-hybridized carbons (Fsp3) is 0.667. The molecule has 0 aliphatic carbocycles. The molecule has 8 atom stereocenters. The largest absolute Gasteiger partial charge is 0.448 e. The molecule has 0 aromatic carbocycles. The van der Waals surface area contributed by atoms with E-state index in [0.29, 0.717) is 0 Å². The normalized spacial score (nSPS) is 33.0. The number of carbonyl (C=O) groups excluding carboxylic acids is 8. The molecule has 224 valence electrons. The molecule has 1 fully saturated rings. The Hall–Kier alpha value is -4.24. The summed E-state index contributed by atoms with van der Waals surface area (Å²) >= 11 is 0. The maximum atomic E-state index is 12.2. The van der Waals surface area contributed by atoms with E-state index in [2.05, 4.69) is 0 Å². The van der Waals surface area contributed by atoms with E-state index in [4.69, 9.17) is 37.9 Å². The summed E-state index contributed by atoms with van der Waals surface area (Å²) in [7, 11) is 0. The van der Waals surface area contributed by atoms with Crippen molar-refractivity contribution in [3.8, 4) is 0 Å². The van der Waals surface area contributed by atoms with Crippen molar-refractivity contribution < 1.29 is 76.3 Å². The lowest BCUT2D eigenvalue weighted by Crippen LogP contribution is -2.40. The Morgan fingerprint density at radius 1 is 0.250 bits per heavy atom. The molecule has 0 N–H and O–H groups in total. The number of esters is 8. The van der Waals surface area contributed by atoms with Crippen molar-refractivity contribution >= 4 is 47.8 Å². The van der Waals surface area contributed by atoms with E-state index >= 15 is 0 Å². The van der Waals surface area contributed by atoms with Crippen LogP contribution in [-0.2, 0) is 76.3 Å². The highest BCUT2D eigenvalue weighted by Crippen LogP contribution is 2.11. The minimum atomic E-state index is -1.56. The summed E-state index contributed by atoms with van der Waals surface area (Å²) in [4.78, 5) is 97.9. The standard InChI is InChI=1S/C24H32O16/c1-9-17(25)34-11(3)19(27)36-13(5)21(29)38-15(7)23(31)40-16(8)24(32)39-14(6)22(30)37-12(4)20(28)35-10(2)18(26)33-9/h9-16H,1-8H3/t9-,10-,11-,12-,13-,14-,15-,16-/m0/s1. The molecule has 1 aliphatic heterocycles. The third kappa shape index (κ3) is 10.1. The SMILES string of the molecule is C[C@@H]1OC(=O)[C@H](C)OC(=O)[C@H](C)OC(=O)[C@H](C)OC(=O)[C@H](C)OC(=O)[C@H](C)OC(=O)[C@H](C)OC(=O)[C@H](C)OC1=O. The number of rotatable bonds is 0. The van der Waals surface area contributed by atoms with Crippen molar-refractivity contribution in [1.29, 1.82) is 0 Å². The van der Waals surface area contributed by atoms with E-state index in [1.807, 2.05) is 0 Å². The molecule has 40 heavy (non-hydrogen) atoms. The molecular formula is C24H32O16. The van der Waals surface area contributed by atoms with Gasteiger partial charge in [0, 0.05) is 0 Å². The second kappa shape index (κ2) is 14.8. The highest BCUT2D eigenvalue weighted by molar-refractivity contribution is 5.88. The van der Waals surface area contributed by atoms with Gasteiger partial charge in [-0.15, -0.1) is 0 Å². The number of ether oxygens (including phenoxy) is 8. The van der Waals surface area contributed by atoms with Crippen LogP contribution in [-0.4, -0.2) is 96.6 Å². The van der Waals surface area contributed by atoms with Gasteiger partial charge in [0.2, 0.25) is 0 Å². The molecule has 1 heterocycles. The average molecular weight is 577 g/mol. The van der Waals surface area contributed by atoms with E-state index in [9.17, 15) is 38.4 Å². The van der Waals surface area contributed by atoms with Crippen LogP contribution < -0.4 is 0 Å². The quantitative estimate of drug-likeness (QED) is 0.261. The van der Waals surface area contributed by atoms with E-state index in [0.717, 1.165) is 55.4 Å². The van der Waals surface area contributed by atoms with Crippen LogP contribution in [0.1, 0.15) is 55.4 Å². The van der Waals surface area contributed by atoms with Gasteiger partial charge in [-0.3, -0.25) is 0 Å². The van der Waals surface area contributed by atoms with Crippen molar-refractivity contribution in [2.24, 2.45) is 0 Å². The first-order chi connectivity index (χ1) is 18.4. The highest BCUT2D eigenvalue weighted by Gasteiger charge is 2.34. The lowest BCUT2D eigenvalue weighted by atomic mass is 10.3. The maximum Gasteiger partial charge on any atom is 0.347 e. The molecule has 0 aromatic heterocycles.